The first-order chi connectivity index (χ1) is 12.5. The fraction of sp³-hybridized carbons (Fsp3) is 0.409. The number of allylic oxidation sites excluding steroid dienone is 8. The lowest BCUT2D eigenvalue weighted by molar-refractivity contribution is -0.115. The van der Waals surface area contributed by atoms with Crippen LogP contribution in [0.1, 0.15) is 47.5 Å². The van der Waals surface area contributed by atoms with E-state index in [0.717, 1.165) is 11.3 Å². The fourth-order valence-electron chi connectivity index (χ4n) is 2.28. The first kappa shape index (κ1) is 23.7. The summed E-state index contributed by atoms with van der Waals surface area (Å²) < 4.78 is 5.18. The van der Waals surface area contributed by atoms with E-state index in [9.17, 15) is 15.0 Å². The Hall–Kier alpha value is -2.33. The molecule has 0 saturated heterocycles. The molecule has 0 heterocycles. The number of carbonyl (C=O) groups excluding carboxylic acids is 1. The Bertz CT molecular complexity index is 643. The van der Waals surface area contributed by atoms with E-state index in [-0.39, 0.29) is 23.5 Å². The van der Waals surface area contributed by atoms with Crippen LogP contribution in [0.4, 0.5) is 0 Å². The second-order valence-electron chi connectivity index (χ2n) is 5.25. The van der Waals surface area contributed by atoms with Crippen LogP contribution in [-0.2, 0) is 9.53 Å². The number of rotatable bonds is 4. The molecule has 144 valence electrons. The summed E-state index contributed by atoms with van der Waals surface area (Å²) in [4.78, 5) is 12.4. The summed E-state index contributed by atoms with van der Waals surface area (Å²) >= 11 is 0. The van der Waals surface area contributed by atoms with E-state index in [1.807, 2.05) is 52.0 Å². The zero-order chi connectivity index (χ0) is 20.1. The summed E-state index contributed by atoms with van der Waals surface area (Å²) in [5.74, 6) is 0.717. The molecule has 0 radical (unpaired) electrons. The third-order valence-corrected chi connectivity index (χ3v) is 3.63. The molecule has 0 aliphatic heterocycles. The van der Waals surface area contributed by atoms with Crippen molar-refractivity contribution in [2.45, 2.75) is 53.6 Å². The van der Waals surface area contributed by atoms with Crippen LogP contribution >= 0.6 is 0 Å². The van der Waals surface area contributed by atoms with Gasteiger partial charge in [-0.15, -0.1) is 0 Å². The topological polar surface area (TPSA) is 66.8 Å². The zero-order valence-electron chi connectivity index (χ0n) is 16.7. The normalized spacial score (nSPS) is 18.7. The predicted octanol–water partition coefficient (Wildman–Crippen LogP) is 5.10. The monoisotopic (exact) mass is 360 g/mol. The van der Waals surface area contributed by atoms with E-state index in [0.29, 0.717) is 12.0 Å². The van der Waals surface area contributed by atoms with E-state index in [1.54, 1.807) is 14.0 Å². The van der Waals surface area contributed by atoms with Crippen LogP contribution in [0.25, 0.3) is 0 Å². The lowest BCUT2D eigenvalue weighted by atomic mass is 9.98. The molecule has 0 bridgehead atoms. The quantitative estimate of drug-likeness (QED) is 0.731. The number of hydrogen-bond acceptors (Lipinski definition) is 4. The van der Waals surface area contributed by atoms with Gasteiger partial charge in [0.05, 0.1) is 12.9 Å². The molecule has 0 amide bonds. The van der Waals surface area contributed by atoms with Crippen molar-refractivity contribution >= 4 is 5.78 Å². The second kappa shape index (κ2) is 13.0. The third-order valence-electron chi connectivity index (χ3n) is 3.63. The fourth-order valence-corrected chi connectivity index (χ4v) is 2.28. The molecule has 0 spiro atoms. The van der Waals surface area contributed by atoms with Gasteiger partial charge in [0.1, 0.15) is 11.9 Å². The van der Waals surface area contributed by atoms with Gasteiger partial charge in [0.2, 0.25) is 0 Å². The van der Waals surface area contributed by atoms with Gasteiger partial charge in [-0.1, -0.05) is 45.9 Å². The number of Topliss-reactive ketones (excluding diaryl/α,β-unsaturated/α-hetero) is 1. The number of ether oxygens (including phenoxy) is 1. The number of ketones is 1. The highest BCUT2D eigenvalue weighted by Crippen LogP contribution is 2.21. The van der Waals surface area contributed by atoms with Crippen molar-refractivity contribution in [3.8, 4) is 0 Å². The lowest BCUT2D eigenvalue weighted by Crippen LogP contribution is -2.16. The molecule has 0 aromatic heterocycles. The Morgan fingerprint density at radius 3 is 2.42 bits per heavy atom. The van der Waals surface area contributed by atoms with E-state index < -0.39 is 6.10 Å². The Kier molecular flexibility index (Phi) is 11.8. The molecule has 1 atom stereocenters. The second-order valence-corrected chi connectivity index (χ2v) is 5.25. The highest BCUT2D eigenvalue weighted by atomic mass is 16.5. The molecule has 0 aromatic carbocycles. The largest absolute Gasteiger partial charge is 0.508 e. The van der Waals surface area contributed by atoms with Gasteiger partial charge in [-0.25, -0.2) is 0 Å². The molecule has 2 aliphatic rings. The average Bonchev–Trinajstić information content (AvgIpc) is 2.96. The molecule has 1 unspecified atom stereocenters. The summed E-state index contributed by atoms with van der Waals surface area (Å²) in [6, 6.07) is 0. The van der Waals surface area contributed by atoms with Crippen LogP contribution in [-0.4, -0.2) is 29.2 Å². The maximum Gasteiger partial charge on any atom is 0.166 e. The summed E-state index contributed by atoms with van der Waals surface area (Å²) in [5.41, 5.74) is 1.67. The minimum Gasteiger partial charge on any atom is -0.508 e. The van der Waals surface area contributed by atoms with Crippen LogP contribution in [0.15, 0.2) is 70.8 Å². The number of aliphatic hydroxyl groups excluding tert-OH is 2. The van der Waals surface area contributed by atoms with Crippen LogP contribution in [0, 0.1) is 0 Å². The van der Waals surface area contributed by atoms with Crippen molar-refractivity contribution in [1.82, 2.24) is 0 Å². The van der Waals surface area contributed by atoms with Crippen molar-refractivity contribution in [2.24, 2.45) is 0 Å². The standard InChI is InChI=1S/C18H20O4.2C2H6/c1-12-10-17(20)15(8-9-16(12)19)18(21)11-13-4-3-5-14(22-2)7-6-13;2*1-2/h3-4,6-10,17,19-20H,5,11H2,1-2H3;2*1-2H3. The van der Waals surface area contributed by atoms with Crippen molar-refractivity contribution in [2.75, 3.05) is 7.11 Å². The molecule has 26 heavy (non-hydrogen) atoms. The molecule has 2 rings (SSSR count). The van der Waals surface area contributed by atoms with Crippen LogP contribution in [0.5, 0.6) is 0 Å². The van der Waals surface area contributed by atoms with Crippen molar-refractivity contribution in [3.63, 3.8) is 0 Å². The number of aliphatic hydroxyl groups is 2. The van der Waals surface area contributed by atoms with Gasteiger partial charge in [-0.05, 0) is 42.4 Å². The first-order valence-corrected chi connectivity index (χ1v) is 9.12. The molecule has 0 fully saturated rings. The highest BCUT2D eigenvalue weighted by Gasteiger charge is 2.20. The number of carbonyl (C=O) groups is 1. The first-order valence-electron chi connectivity index (χ1n) is 9.12. The van der Waals surface area contributed by atoms with Gasteiger partial charge in [0, 0.05) is 18.4 Å². The highest BCUT2D eigenvalue weighted by molar-refractivity contribution is 5.99. The minimum atomic E-state index is -1.01. The minimum absolute atomic E-state index is 0.0584. The third kappa shape index (κ3) is 7.28. The van der Waals surface area contributed by atoms with Crippen LogP contribution in [0.2, 0.25) is 0 Å². The predicted molar refractivity (Wildman–Crippen MR) is 108 cm³/mol. The van der Waals surface area contributed by atoms with Gasteiger partial charge in [0.15, 0.2) is 5.78 Å². The maximum atomic E-state index is 12.4. The van der Waals surface area contributed by atoms with Crippen molar-refractivity contribution in [3.05, 3.63) is 70.8 Å². The van der Waals surface area contributed by atoms with Gasteiger partial charge in [-0.2, -0.15) is 0 Å². The van der Waals surface area contributed by atoms with Crippen LogP contribution < -0.4 is 0 Å². The molecular formula is C22H32O4. The number of hydrogen-bond donors (Lipinski definition) is 2. The van der Waals surface area contributed by atoms with Gasteiger partial charge < -0.3 is 14.9 Å². The Morgan fingerprint density at radius 1 is 1.15 bits per heavy atom. The SMILES string of the molecule is CC.CC.COC1=CC=C(CC(=O)C2=CC=C(O)C(C)=CC2O)C=CC1. The van der Waals surface area contributed by atoms with Gasteiger partial charge in [0.25, 0.3) is 0 Å². The van der Waals surface area contributed by atoms with E-state index >= 15 is 0 Å². The lowest BCUT2D eigenvalue weighted by Gasteiger charge is -2.10. The molecule has 2 N–H and O–H groups in total. The van der Waals surface area contributed by atoms with Gasteiger partial charge >= 0.3 is 0 Å². The van der Waals surface area contributed by atoms with Crippen molar-refractivity contribution in [1.29, 1.82) is 0 Å². The smallest absolute Gasteiger partial charge is 0.166 e. The van der Waals surface area contributed by atoms with Crippen molar-refractivity contribution < 1.29 is 19.7 Å². The molecule has 4 nitrogen and oxygen atoms in total. The molecular weight excluding hydrogens is 328 g/mol. The Balaban J connectivity index is 0.00000146. The van der Waals surface area contributed by atoms with Crippen LogP contribution in [0.3, 0.4) is 0 Å². The summed E-state index contributed by atoms with van der Waals surface area (Å²) in [5, 5.41) is 19.8. The molecule has 0 aromatic rings. The maximum absolute atomic E-state index is 12.4. The summed E-state index contributed by atoms with van der Waals surface area (Å²) in [6.07, 6.45) is 11.8. The van der Waals surface area contributed by atoms with E-state index in [4.69, 9.17) is 4.74 Å². The molecule has 2 aliphatic carbocycles. The summed E-state index contributed by atoms with van der Waals surface area (Å²) in [6.45, 7) is 9.68. The Labute approximate surface area is 157 Å². The molecule has 4 heteroatoms. The Morgan fingerprint density at radius 2 is 1.81 bits per heavy atom. The van der Waals surface area contributed by atoms with E-state index in [1.165, 1.54) is 18.2 Å². The number of methoxy groups -OCH3 is 1. The average molecular weight is 360 g/mol. The molecule has 0 saturated carbocycles. The summed E-state index contributed by atoms with van der Waals surface area (Å²) in [7, 11) is 1.61. The zero-order valence-corrected chi connectivity index (χ0v) is 16.7. The van der Waals surface area contributed by atoms with E-state index in [2.05, 4.69) is 0 Å². The van der Waals surface area contributed by atoms with Gasteiger partial charge in [-0.3, -0.25) is 4.79 Å².